The number of imidazole rings is 1. The minimum Gasteiger partial charge on any atom is -0.311 e. The molecule has 0 radical (unpaired) electrons. The molecule has 0 saturated heterocycles. The molecule has 0 bridgehead atoms. The van der Waals surface area contributed by atoms with Crippen LogP contribution in [0, 0.1) is 34.4 Å². The van der Waals surface area contributed by atoms with Crippen molar-refractivity contribution >= 4 is 21.9 Å². The fourth-order valence-electron chi connectivity index (χ4n) is 4.27. The molecule has 36 heavy (non-hydrogen) atoms. The topological polar surface area (TPSA) is 95.6 Å². The zero-order valence-corrected chi connectivity index (χ0v) is 19.7. The standard InChI is InChI=1S/C27H19F2N7/c1-27(2,14-30)24-7-5-20(12-33-24)36-25-21-10-16(17-8-18(28)11-19(29)9-17)4-6-22(21)32-13-23(25)35(3)26(36)34-15-31/h4-13H,1-3H3/b34-26-. The highest BCUT2D eigenvalue weighted by molar-refractivity contribution is 6.04. The van der Waals surface area contributed by atoms with Crippen molar-refractivity contribution in [2.24, 2.45) is 12.0 Å². The number of benzene rings is 2. The number of hydrogen-bond acceptors (Lipinski definition) is 5. The maximum atomic E-state index is 13.9. The maximum absolute atomic E-state index is 13.9. The fourth-order valence-corrected chi connectivity index (χ4v) is 4.27. The van der Waals surface area contributed by atoms with Gasteiger partial charge in [0.05, 0.1) is 51.8 Å². The van der Waals surface area contributed by atoms with E-state index in [4.69, 9.17) is 0 Å². The van der Waals surface area contributed by atoms with Gasteiger partial charge >= 0.3 is 0 Å². The van der Waals surface area contributed by atoms with Crippen LogP contribution in [0.2, 0.25) is 0 Å². The fraction of sp³-hybridized carbons (Fsp3) is 0.148. The van der Waals surface area contributed by atoms with Gasteiger partial charge in [-0.3, -0.25) is 14.5 Å². The van der Waals surface area contributed by atoms with Crippen LogP contribution in [0.4, 0.5) is 8.78 Å². The van der Waals surface area contributed by atoms with E-state index >= 15 is 0 Å². The van der Waals surface area contributed by atoms with E-state index in [-0.39, 0.29) is 0 Å². The van der Waals surface area contributed by atoms with Crippen molar-refractivity contribution in [2.75, 3.05) is 0 Å². The average Bonchev–Trinajstić information content (AvgIpc) is 3.15. The van der Waals surface area contributed by atoms with Crippen molar-refractivity contribution in [1.82, 2.24) is 19.1 Å². The van der Waals surface area contributed by atoms with Crippen LogP contribution in [-0.2, 0) is 12.5 Å². The Hall–Kier alpha value is -4.89. The summed E-state index contributed by atoms with van der Waals surface area (Å²) in [5.74, 6) is -1.34. The smallest absolute Gasteiger partial charge is 0.226 e. The number of halogens is 2. The van der Waals surface area contributed by atoms with Gasteiger partial charge in [0, 0.05) is 18.5 Å². The molecular weight excluding hydrogens is 460 g/mol. The molecule has 5 rings (SSSR count). The number of rotatable bonds is 3. The molecule has 3 aromatic heterocycles. The summed E-state index contributed by atoms with van der Waals surface area (Å²) < 4.78 is 31.4. The van der Waals surface area contributed by atoms with Gasteiger partial charge in [-0.25, -0.2) is 8.78 Å². The molecule has 0 amide bonds. The number of hydrogen-bond donors (Lipinski definition) is 0. The zero-order chi connectivity index (χ0) is 25.6. The Bertz CT molecular complexity index is 1790. The van der Waals surface area contributed by atoms with Crippen LogP contribution in [0.1, 0.15) is 19.5 Å². The van der Waals surface area contributed by atoms with Gasteiger partial charge in [-0.2, -0.15) is 10.5 Å². The molecular formula is C27H19F2N7. The predicted octanol–water partition coefficient (Wildman–Crippen LogP) is 5.04. The molecule has 176 valence electrons. The third-order valence-corrected chi connectivity index (χ3v) is 6.18. The number of aryl methyl sites for hydroxylation is 1. The van der Waals surface area contributed by atoms with Crippen LogP contribution in [-0.4, -0.2) is 19.1 Å². The van der Waals surface area contributed by atoms with Gasteiger partial charge in [0.25, 0.3) is 0 Å². The molecule has 0 saturated carbocycles. The largest absolute Gasteiger partial charge is 0.311 e. The minimum atomic E-state index is -0.770. The second-order valence-corrected chi connectivity index (χ2v) is 8.93. The molecule has 3 heterocycles. The van der Waals surface area contributed by atoms with Gasteiger partial charge < -0.3 is 4.57 Å². The first-order chi connectivity index (χ1) is 17.2. The monoisotopic (exact) mass is 479 g/mol. The van der Waals surface area contributed by atoms with Crippen molar-refractivity contribution < 1.29 is 8.78 Å². The van der Waals surface area contributed by atoms with Crippen LogP contribution in [0.15, 0.2) is 65.9 Å². The summed E-state index contributed by atoms with van der Waals surface area (Å²) in [7, 11) is 1.77. The van der Waals surface area contributed by atoms with E-state index in [1.54, 1.807) is 60.6 Å². The lowest BCUT2D eigenvalue weighted by Crippen LogP contribution is -2.23. The van der Waals surface area contributed by atoms with Crippen molar-refractivity contribution in [3.63, 3.8) is 0 Å². The average molecular weight is 479 g/mol. The number of nitrogens with zero attached hydrogens (tertiary/aromatic N) is 7. The second-order valence-electron chi connectivity index (χ2n) is 8.93. The van der Waals surface area contributed by atoms with E-state index in [0.717, 1.165) is 6.07 Å². The number of nitriles is 2. The van der Waals surface area contributed by atoms with E-state index in [1.165, 1.54) is 12.1 Å². The van der Waals surface area contributed by atoms with E-state index < -0.39 is 17.0 Å². The molecule has 0 unspecified atom stereocenters. The normalized spacial score (nSPS) is 12.1. The van der Waals surface area contributed by atoms with Crippen LogP contribution >= 0.6 is 0 Å². The van der Waals surface area contributed by atoms with E-state index in [2.05, 4.69) is 21.0 Å². The lowest BCUT2D eigenvalue weighted by molar-refractivity contribution is 0.584. The molecule has 0 aliphatic carbocycles. The number of pyridine rings is 2. The maximum Gasteiger partial charge on any atom is 0.226 e. The summed E-state index contributed by atoms with van der Waals surface area (Å²) >= 11 is 0. The molecule has 0 fully saturated rings. The number of fused-ring (bicyclic) bond motifs is 3. The van der Waals surface area contributed by atoms with Crippen molar-refractivity contribution in [3.05, 3.63) is 83.9 Å². The Morgan fingerprint density at radius 3 is 2.31 bits per heavy atom. The first-order valence-corrected chi connectivity index (χ1v) is 11.0. The molecule has 0 aliphatic rings. The molecule has 5 aromatic rings. The third kappa shape index (κ3) is 3.68. The summed E-state index contributed by atoms with van der Waals surface area (Å²) in [4.78, 5) is 13.1. The Labute approximate surface area is 204 Å². The molecule has 7 nitrogen and oxygen atoms in total. The highest BCUT2D eigenvalue weighted by Crippen LogP contribution is 2.31. The van der Waals surface area contributed by atoms with Crippen molar-refractivity contribution in [3.8, 4) is 29.1 Å². The highest BCUT2D eigenvalue weighted by atomic mass is 19.1. The van der Waals surface area contributed by atoms with Gasteiger partial charge in [0.2, 0.25) is 11.8 Å². The lowest BCUT2D eigenvalue weighted by atomic mass is 9.91. The summed E-state index contributed by atoms with van der Waals surface area (Å²) in [6.45, 7) is 3.57. The molecule has 0 atom stereocenters. The lowest BCUT2D eigenvalue weighted by Gasteiger charge is -2.15. The van der Waals surface area contributed by atoms with Crippen LogP contribution in [0.25, 0.3) is 38.8 Å². The van der Waals surface area contributed by atoms with Crippen LogP contribution in [0.3, 0.4) is 0 Å². The first-order valence-electron chi connectivity index (χ1n) is 11.0. The molecule has 2 aromatic carbocycles. The Kier molecular flexibility index (Phi) is 5.34. The Morgan fingerprint density at radius 2 is 1.67 bits per heavy atom. The SMILES string of the molecule is Cn1/c(=N/C#N)n(-c2ccc(C(C)(C)C#N)nc2)c2c3cc(-c4cc(F)cc(F)c4)ccc3ncc21. The van der Waals surface area contributed by atoms with E-state index in [1.807, 2.05) is 18.3 Å². The zero-order valence-electron chi connectivity index (χ0n) is 19.7. The molecule has 0 aliphatic heterocycles. The summed E-state index contributed by atoms with van der Waals surface area (Å²) in [5.41, 5.74) is 3.85. The van der Waals surface area contributed by atoms with Gasteiger partial charge in [0.15, 0.2) is 0 Å². The summed E-state index contributed by atoms with van der Waals surface area (Å²) in [5, 5.41) is 19.6. The second kappa shape index (κ2) is 8.40. The minimum absolute atomic E-state index is 0.345. The Balaban J connectivity index is 1.85. The number of aromatic nitrogens is 4. The first kappa shape index (κ1) is 22.9. The molecule has 9 heteroatoms. The Morgan fingerprint density at radius 1 is 0.917 bits per heavy atom. The van der Waals surface area contributed by atoms with Gasteiger partial charge in [0.1, 0.15) is 11.6 Å². The predicted molar refractivity (Wildman–Crippen MR) is 131 cm³/mol. The van der Waals surface area contributed by atoms with E-state index in [9.17, 15) is 19.3 Å². The van der Waals surface area contributed by atoms with Gasteiger partial charge in [-0.05, 0) is 61.4 Å². The summed E-state index contributed by atoms with van der Waals surface area (Å²) in [6, 6.07) is 14.5. The summed E-state index contributed by atoms with van der Waals surface area (Å²) in [6.07, 6.45) is 5.17. The van der Waals surface area contributed by atoms with Crippen LogP contribution in [0.5, 0.6) is 0 Å². The van der Waals surface area contributed by atoms with E-state index in [0.29, 0.717) is 50.1 Å². The van der Waals surface area contributed by atoms with Gasteiger partial charge in [-0.1, -0.05) is 6.07 Å². The van der Waals surface area contributed by atoms with Gasteiger partial charge in [-0.15, -0.1) is 4.99 Å². The quantitative estimate of drug-likeness (QED) is 0.339. The van der Waals surface area contributed by atoms with Crippen LogP contribution < -0.4 is 5.62 Å². The highest BCUT2D eigenvalue weighted by Gasteiger charge is 2.22. The molecule has 0 spiro atoms. The van der Waals surface area contributed by atoms with Crippen molar-refractivity contribution in [1.29, 1.82) is 10.5 Å². The molecule has 0 N–H and O–H groups in total. The third-order valence-electron chi connectivity index (χ3n) is 6.18. The van der Waals surface area contributed by atoms with Crippen molar-refractivity contribution in [2.45, 2.75) is 19.3 Å².